The predicted molar refractivity (Wildman–Crippen MR) is 262 cm³/mol. The topological polar surface area (TPSA) is 142 Å². The first-order chi connectivity index (χ1) is 33.6. The summed E-state index contributed by atoms with van der Waals surface area (Å²) in [7, 11) is 0. The highest BCUT2D eigenvalue weighted by molar-refractivity contribution is 6.08. The fourth-order valence-corrected chi connectivity index (χ4v) is 11.1. The van der Waals surface area contributed by atoms with Crippen LogP contribution in [0.25, 0.3) is 28.5 Å². The summed E-state index contributed by atoms with van der Waals surface area (Å²) in [5.74, 6) is -0.672. The Morgan fingerprint density at radius 1 is 0.826 bits per heavy atom. The van der Waals surface area contributed by atoms with Crippen molar-refractivity contribution in [3.63, 3.8) is 0 Å². The monoisotopic (exact) mass is 918 g/mol. The summed E-state index contributed by atoms with van der Waals surface area (Å²) >= 11 is 0. The van der Waals surface area contributed by atoms with Gasteiger partial charge in [-0.05, 0) is 77.6 Å². The van der Waals surface area contributed by atoms with Gasteiger partial charge in [0.25, 0.3) is 0 Å². The number of rotatable bonds is 13. The number of likely N-dealkylation sites (tertiary alicyclic amines) is 1. The molecule has 0 spiro atoms. The van der Waals surface area contributed by atoms with Crippen molar-refractivity contribution < 1.29 is 28.7 Å². The maximum atomic E-state index is 13.8. The molecule has 6 heterocycles. The van der Waals surface area contributed by atoms with Crippen LogP contribution in [0.5, 0.6) is 0 Å². The molecule has 69 heavy (non-hydrogen) atoms. The smallest absolute Gasteiger partial charge is 0.307 e. The first-order valence-electron chi connectivity index (χ1n) is 24.2. The number of pyridine rings is 1. The minimum atomic E-state index is -0.757. The van der Waals surface area contributed by atoms with E-state index in [0.29, 0.717) is 39.0 Å². The maximum absolute atomic E-state index is 13.8. The Kier molecular flexibility index (Phi) is 11.6. The number of nitrogens with zero attached hydrogens (tertiary/aromatic N) is 5. The number of carbonyl (C=O) groups excluding carboxylic acids is 5. The molecule has 3 atom stereocenters. The van der Waals surface area contributed by atoms with Gasteiger partial charge in [-0.3, -0.25) is 29.0 Å². The third kappa shape index (κ3) is 8.57. The number of Topliss-reactive ketones (excluding diaryl/α,β-unsaturated/α-hetero) is 1. The molecule has 1 N–H and O–H groups in total. The van der Waals surface area contributed by atoms with Crippen LogP contribution in [-0.4, -0.2) is 80.2 Å². The number of aromatic nitrogens is 1. The van der Waals surface area contributed by atoms with E-state index in [1.54, 1.807) is 9.80 Å². The number of carbonyl (C=O) groups is 5. The van der Waals surface area contributed by atoms with Gasteiger partial charge in [0.2, 0.25) is 17.7 Å². The largest absolute Gasteiger partial charge is 0.461 e. The normalized spacial score (nSPS) is 20.7. The Labute approximate surface area is 401 Å². The van der Waals surface area contributed by atoms with Gasteiger partial charge in [-0.1, -0.05) is 116 Å². The number of aliphatic imine (C=N–C) groups is 1. The number of ketones is 1. The minimum Gasteiger partial charge on any atom is -0.461 e. The van der Waals surface area contributed by atoms with Crippen molar-refractivity contribution in [2.45, 2.75) is 95.0 Å². The van der Waals surface area contributed by atoms with Gasteiger partial charge < -0.3 is 24.8 Å². The van der Waals surface area contributed by atoms with Crippen LogP contribution in [0.15, 0.2) is 133 Å². The van der Waals surface area contributed by atoms with Crippen LogP contribution < -0.4 is 5.32 Å². The molecule has 11 rings (SSSR count). The second-order valence-electron chi connectivity index (χ2n) is 19.5. The van der Waals surface area contributed by atoms with E-state index < -0.39 is 18.0 Å². The lowest BCUT2D eigenvalue weighted by Crippen LogP contribution is -2.49. The number of ether oxygens (including phenoxy) is 1. The molecule has 1 saturated carbocycles. The van der Waals surface area contributed by atoms with E-state index in [-0.39, 0.29) is 67.2 Å². The molecule has 348 valence electrons. The van der Waals surface area contributed by atoms with Gasteiger partial charge in [-0.2, -0.15) is 0 Å². The molecular weight excluding hydrogens is 865 g/mol. The molecule has 0 radical (unpaired) electrons. The van der Waals surface area contributed by atoms with E-state index in [2.05, 4.69) is 54.4 Å². The summed E-state index contributed by atoms with van der Waals surface area (Å²) < 4.78 is 5.86. The van der Waals surface area contributed by atoms with E-state index in [4.69, 9.17) is 14.7 Å². The highest BCUT2D eigenvalue weighted by Crippen LogP contribution is 2.47. The van der Waals surface area contributed by atoms with E-state index in [9.17, 15) is 24.0 Å². The summed E-state index contributed by atoms with van der Waals surface area (Å²) in [5.41, 5.74) is 11.5. The molecule has 0 unspecified atom stereocenters. The Bertz CT molecular complexity index is 2930. The molecule has 2 saturated heterocycles. The van der Waals surface area contributed by atoms with Gasteiger partial charge in [0.15, 0.2) is 5.78 Å². The van der Waals surface area contributed by atoms with Crippen molar-refractivity contribution in [2.24, 2.45) is 10.9 Å². The van der Waals surface area contributed by atoms with Crippen LogP contribution in [0, 0.1) is 5.92 Å². The first-order valence-corrected chi connectivity index (χ1v) is 24.2. The van der Waals surface area contributed by atoms with E-state index in [0.717, 1.165) is 92.3 Å². The molecule has 12 heteroatoms. The van der Waals surface area contributed by atoms with E-state index in [1.165, 1.54) is 0 Å². The average molecular weight is 919 g/mol. The Morgan fingerprint density at radius 2 is 1.55 bits per heavy atom. The Hall–Kier alpha value is -7.47. The van der Waals surface area contributed by atoms with Crippen molar-refractivity contribution in [1.29, 1.82) is 0 Å². The zero-order valence-corrected chi connectivity index (χ0v) is 38.6. The van der Waals surface area contributed by atoms with Crippen LogP contribution in [0.1, 0.15) is 90.4 Å². The fraction of sp³-hybridized carbons (Fsp3) is 0.316. The molecule has 4 aromatic carbocycles. The SMILES string of the molecule is C=C1CN=C2c3cc(-c4ccccc4)c(-c4ccc(C5(CC(=O)OCc6ccc(CC(=O)[C@@H]7CCCN7C(=O)[C@@H]7C[C@@H](CC(=O)N8Cc9ccccc9C8)C(=O)N7)cc6)CCC5)cc4)nc3C=CN12. The zero-order valence-electron chi connectivity index (χ0n) is 38.6. The Morgan fingerprint density at radius 3 is 2.28 bits per heavy atom. The van der Waals surface area contributed by atoms with Crippen molar-refractivity contribution in [2.75, 3.05) is 13.1 Å². The van der Waals surface area contributed by atoms with Gasteiger partial charge in [-0.15, -0.1) is 0 Å². The number of amides is 3. The second-order valence-corrected chi connectivity index (χ2v) is 19.5. The molecular formula is C57H54N6O6. The van der Waals surface area contributed by atoms with Crippen LogP contribution in [0.2, 0.25) is 0 Å². The summed E-state index contributed by atoms with van der Waals surface area (Å²) in [5, 5.41) is 2.83. The van der Waals surface area contributed by atoms with Gasteiger partial charge >= 0.3 is 5.97 Å². The lowest BCUT2D eigenvalue weighted by molar-refractivity contribution is -0.147. The summed E-state index contributed by atoms with van der Waals surface area (Å²) in [6.45, 7) is 6.36. The number of amidine groups is 1. The van der Waals surface area contributed by atoms with Crippen LogP contribution in [0.3, 0.4) is 0 Å². The summed E-state index contributed by atoms with van der Waals surface area (Å²) in [6, 6.07) is 35.1. The fourth-order valence-electron chi connectivity index (χ4n) is 11.1. The molecule has 5 aromatic rings. The number of hydrogen-bond acceptors (Lipinski definition) is 9. The molecule has 3 fully saturated rings. The molecule has 5 aliphatic heterocycles. The lowest BCUT2D eigenvalue weighted by atomic mass is 9.62. The van der Waals surface area contributed by atoms with E-state index >= 15 is 0 Å². The van der Waals surface area contributed by atoms with Crippen LogP contribution >= 0.6 is 0 Å². The van der Waals surface area contributed by atoms with Crippen LogP contribution in [-0.2, 0) is 60.2 Å². The third-order valence-corrected chi connectivity index (χ3v) is 15.1. The van der Waals surface area contributed by atoms with Crippen molar-refractivity contribution in [3.05, 3.63) is 167 Å². The third-order valence-electron chi connectivity index (χ3n) is 15.1. The number of fused-ring (bicyclic) bond motifs is 4. The molecule has 6 aliphatic rings. The molecule has 0 bridgehead atoms. The summed E-state index contributed by atoms with van der Waals surface area (Å²) in [6.07, 6.45) is 8.85. The lowest BCUT2D eigenvalue weighted by Gasteiger charge is -2.42. The highest BCUT2D eigenvalue weighted by atomic mass is 16.5. The quantitative estimate of drug-likeness (QED) is 0.117. The number of esters is 1. The van der Waals surface area contributed by atoms with Gasteiger partial charge in [-0.25, -0.2) is 4.98 Å². The molecule has 1 aliphatic carbocycles. The molecule has 12 nitrogen and oxygen atoms in total. The van der Waals surface area contributed by atoms with Crippen molar-refractivity contribution >= 4 is 41.4 Å². The van der Waals surface area contributed by atoms with Gasteiger partial charge in [0, 0.05) is 72.4 Å². The minimum absolute atomic E-state index is 0.0514. The average Bonchev–Trinajstić information content (AvgIpc) is 4.19. The van der Waals surface area contributed by atoms with Gasteiger partial charge in [0.1, 0.15) is 18.5 Å². The maximum Gasteiger partial charge on any atom is 0.307 e. The van der Waals surface area contributed by atoms with Crippen molar-refractivity contribution in [1.82, 2.24) is 25.0 Å². The summed E-state index contributed by atoms with van der Waals surface area (Å²) in [4.78, 5) is 82.5. The van der Waals surface area contributed by atoms with Crippen LogP contribution in [0.4, 0.5) is 0 Å². The number of nitrogens with one attached hydrogen (secondary N) is 1. The standard InChI is InChI=1S/C57H54N6O6/c1-36-32-58-54-46-30-45(39-9-3-2-4-10-39)53(59-47(46)22-26-62(36)54)40-18-20-44(21-19-40)57(23-8-24-57)31-52(66)69-35-38-16-14-37(15-17-38)27-50(64)49-13-7-25-63(49)56(68)48-28-43(55(67)60-48)29-51(65)61-33-41-11-5-6-12-42(41)34-61/h2-6,9-12,14-22,26,30,43,48-49H,1,7-8,13,23-25,27-29,31-35H2,(H,60,67)/t43-,48-,49-/m0/s1. The first kappa shape index (κ1) is 44.1. The second kappa shape index (κ2) is 18.2. The highest BCUT2D eigenvalue weighted by Gasteiger charge is 2.44. The number of benzene rings is 4. The van der Waals surface area contributed by atoms with Crippen molar-refractivity contribution in [3.8, 4) is 22.4 Å². The molecule has 1 aromatic heterocycles. The Balaban J connectivity index is 0.682. The number of hydrogen-bond donors (Lipinski definition) is 1. The van der Waals surface area contributed by atoms with Gasteiger partial charge in [0.05, 0.1) is 30.4 Å². The molecule has 3 amide bonds. The van der Waals surface area contributed by atoms with E-state index in [1.807, 2.05) is 83.9 Å². The zero-order chi connectivity index (χ0) is 47.2. The predicted octanol–water partition coefficient (Wildman–Crippen LogP) is 8.07.